The number of hydrogen-bond acceptors (Lipinski definition) is 2. The fourth-order valence-electron chi connectivity index (χ4n) is 1.95. The molecule has 1 aromatic rings. The van der Waals surface area contributed by atoms with Crippen molar-refractivity contribution in [3.8, 4) is 0 Å². The van der Waals surface area contributed by atoms with E-state index >= 15 is 0 Å². The van der Waals surface area contributed by atoms with Gasteiger partial charge in [-0.1, -0.05) is 11.6 Å². The van der Waals surface area contributed by atoms with E-state index in [-0.39, 0.29) is 11.1 Å². The highest BCUT2D eigenvalue weighted by atomic mass is 35.5. The van der Waals surface area contributed by atoms with Gasteiger partial charge < -0.3 is 15.4 Å². The van der Waals surface area contributed by atoms with Crippen LogP contribution in [0, 0.1) is 11.7 Å². The lowest BCUT2D eigenvalue weighted by Crippen LogP contribution is -2.35. The van der Waals surface area contributed by atoms with Crippen LogP contribution < -0.4 is 10.6 Å². The molecule has 0 radical (unpaired) electrons. The number of carbonyl (C=O) groups is 1. The molecule has 1 aliphatic rings. The van der Waals surface area contributed by atoms with Crippen molar-refractivity contribution >= 4 is 23.3 Å². The van der Waals surface area contributed by atoms with Crippen molar-refractivity contribution in [2.45, 2.75) is 12.8 Å². The molecule has 1 aliphatic heterocycles. The maximum atomic E-state index is 13.0. The Labute approximate surface area is 116 Å². The Balaban J connectivity index is 1.78. The van der Waals surface area contributed by atoms with Gasteiger partial charge in [-0.15, -0.1) is 0 Å². The second-order valence-corrected chi connectivity index (χ2v) is 4.95. The quantitative estimate of drug-likeness (QED) is 0.897. The van der Waals surface area contributed by atoms with Crippen LogP contribution in [0.25, 0.3) is 0 Å². The van der Waals surface area contributed by atoms with Crippen LogP contribution in [0.3, 0.4) is 0 Å². The Morgan fingerprint density at radius 2 is 2.37 bits per heavy atom. The van der Waals surface area contributed by atoms with Crippen LogP contribution in [0.4, 0.5) is 14.9 Å². The van der Waals surface area contributed by atoms with E-state index in [2.05, 4.69) is 10.6 Å². The number of benzene rings is 1. The first-order valence-electron chi connectivity index (χ1n) is 6.23. The summed E-state index contributed by atoms with van der Waals surface area (Å²) in [6, 6.07) is 3.73. The van der Waals surface area contributed by atoms with Crippen molar-refractivity contribution in [1.82, 2.24) is 5.32 Å². The fraction of sp³-hybridized carbons (Fsp3) is 0.462. The number of nitrogens with one attached hydrogen (secondary N) is 2. The van der Waals surface area contributed by atoms with E-state index in [9.17, 15) is 9.18 Å². The van der Waals surface area contributed by atoms with Crippen LogP contribution in [0.1, 0.15) is 12.8 Å². The molecule has 1 saturated heterocycles. The van der Waals surface area contributed by atoms with Gasteiger partial charge in [0, 0.05) is 18.8 Å². The Morgan fingerprint density at radius 1 is 1.53 bits per heavy atom. The van der Waals surface area contributed by atoms with Crippen LogP contribution in [0.15, 0.2) is 18.2 Å². The number of hydrogen-bond donors (Lipinski definition) is 2. The van der Waals surface area contributed by atoms with Crippen LogP contribution >= 0.6 is 11.6 Å². The third-order valence-corrected chi connectivity index (χ3v) is 3.27. The summed E-state index contributed by atoms with van der Waals surface area (Å²) >= 11 is 5.63. The molecule has 6 heteroatoms. The molecule has 2 rings (SSSR count). The van der Waals surface area contributed by atoms with Gasteiger partial charge in [0.1, 0.15) is 5.82 Å². The normalized spacial score (nSPS) is 18.9. The first kappa shape index (κ1) is 14.1. The minimum atomic E-state index is -0.507. The van der Waals surface area contributed by atoms with E-state index in [1.165, 1.54) is 18.2 Å². The van der Waals surface area contributed by atoms with Crippen molar-refractivity contribution in [2.75, 3.05) is 25.1 Å². The molecule has 1 fully saturated rings. The molecule has 19 heavy (non-hydrogen) atoms. The first-order chi connectivity index (χ1) is 9.15. The second-order valence-electron chi connectivity index (χ2n) is 4.55. The number of anilines is 1. The summed E-state index contributed by atoms with van der Waals surface area (Å²) in [5, 5.41) is 5.36. The van der Waals surface area contributed by atoms with Gasteiger partial charge in [-0.2, -0.15) is 0 Å². The van der Waals surface area contributed by atoms with Crippen LogP contribution in [-0.2, 0) is 4.74 Å². The number of carbonyl (C=O) groups excluding carboxylic acids is 1. The minimum absolute atomic E-state index is 0.0153. The van der Waals surface area contributed by atoms with Crippen LogP contribution in [0.5, 0.6) is 0 Å². The van der Waals surface area contributed by atoms with Crippen molar-refractivity contribution in [2.24, 2.45) is 5.92 Å². The monoisotopic (exact) mass is 286 g/mol. The number of halogens is 2. The first-order valence-corrected chi connectivity index (χ1v) is 6.60. The van der Waals surface area contributed by atoms with Crippen molar-refractivity contribution < 1.29 is 13.9 Å². The van der Waals surface area contributed by atoms with Gasteiger partial charge >= 0.3 is 6.03 Å². The third kappa shape index (κ3) is 4.36. The second kappa shape index (κ2) is 6.73. The molecule has 4 nitrogen and oxygen atoms in total. The van der Waals surface area contributed by atoms with Crippen molar-refractivity contribution in [3.05, 3.63) is 29.0 Å². The highest BCUT2D eigenvalue weighted by molar-refractivity contribution is 6.31. The third-order valence-electron chi connectivity index (χ3n) is 2.98. The summed E-state index contributed by atoms with van der Waals surface area (Å²) in [6.07, 6.45) is 2.09. The molecule has 1 heterocycles. The zero-order valence-electron chi connectivity index (χ0n) is 10.4. The van der Waals surface area contributed by atoms with Gasteiger partial charge in [0.2, 0.25) is 0 Å². The summed E-state index contributed by atoms with van der Waals surface area (Å²) in [5.74, 6) is -0.150. The van der Waals surface area contributed by atoms with Crippen molar-refractivity contribution in [1.29, 1.82) is 0 Å². The lowest BCUT2D eigenvalue weighted by Gasteiger charge is -2.22. The summed E-state index contributed by atoms with van der Waals surface area (Å²) in [7, 11) is 0. The Bertz CT molecular complexity index is 450. The lowest BCUT2D eigenvalue weighted by atomic mass is 10.0. The molecule has 0 unspecified atom stereocenters. The van der Waals surface area contributed by atoms with E-state index in [1.807, 2.05) is 0 Å². The molecular weight excluding hydrogens is 271 g/mol. The van der Waals surface area contributed by atoms with Gasteiger partial charge in [0.15, 0.2) is 0 Å². The predicted octanol–water partition coefficient (Wildman–Crippen LogP) is 3.03. The molecule has 0 saturated carbocycles. The summed E-state index contributed by atoms with van der Waals surface area (Å²) in [6.45, 7) is 2.06. The number of rotatable bonds is 3. The van der Waals surface area contributed by atoms with E-state index in [4.69, 9.17) is 16.3 Å². The minimum Gasteiger partial charge on any atom is -0.381 e. The maximum absolute atomic E-state index is 13.0. The van der Waals surface area contributed by atoms with E-state index in [1.54, 1.807) is 0 Å². The molecule has 0 spiro atoms. The van der Waals surface area contributed by atoms with Gasteiger partial charge in [-0.3, -0.25) is 0 Å². The maximum Gasteiger partial charge on any atom is 0.319 e. The summed E-state index contributed by atoms with van der Waals surface area (Å²) < 4.78 is 18.3. The topological polar surface area (TPSA) is 50.4 Å². The van der Waals surface area contributed by atoms with Gasteiger partial charge in [-0.05, 0) is 37.0 Å². The zero-order chi connectivity index (χ0) is 13.7. The SMILES string of the molecule is O=C(NC[C@@H]1CCCOC1)Nc1ccc(F)c(Cl)c1. The fourth-order valence-corrected chi connectivity index (χ4v) is 2.14. The highest BCUT2D eigenvalue weighted by Gasteiger charge is 2.14. The largest absolute Gasteiger partial charge is 0.381 e. The number of amides is 2. The Kier molecular flexibility index (Phi) is 4.99. The van der Waals surface area contributed by atoms with Gasteiger partial charge in [-0.25, -0.2) is 9.18 Å². The summed E-state index contributed by atoms with van der Waals surface area (Å²) in [4.78, 5) is 11.7. The smallest absolute Gasteiger partial charge is 0.319 e. The average molecular weight is 287 g/mol. The van der Waals surface area contributed by atoms with Crippen LogP contribution in [0.2, 0.25) is 5.02 Å². The molecule has 1 aromatic carbocycles. The molecular formula is C13H16ClFN2O2. The molecule has 0 aliphatic carbocycles. The Hall–Kier alpha value is -1.33. The van der Waals surface area contributed by atoms with Crippen LogP contribution in [-0.4, -0.2) is 25.8 Å². The van der Waals surface area contributed by atoms with Gasteiger partial charge in [0.05, 0.1) is 11.6 Å². The predicted molar refractivity (Wildman–Crippen MR) is 72.0 cm³/mol. The lowest BCUT2D eigenvalue weighted by molar-refractivity contribution is 0.0559. The molecule has 104 valence electrons. The van der Waals surface area contributed by atoms with E-state index < -0.39 is 5.82 Å². The molecule has 0 bridgehead atoms. The van der Waals surface area contributed by atoms with Gasteiger partial charge in [0.25, 0.3) is 0 Å². The van der Waals surface area contributed by atoms with Crippen molar-refractivity contribution in [3.63, 3.8) is 0 Å². The molecule has 2 amide bonds. The zero-order valence-corrected chi connectivity index (χ0v) is 11.2. The standard InChI is InChI=1S/C13H16ClFN2O2/c14-11-6-10(3-4-12(11)15)17-13(18)16-7-9-2-1-5-19-8-9/h3-4,6,9H,1-2,5,7-8H2,(H2,16,17,18)/t9-/m0/s1. The number of ether oxygens (including phenoxy) is 1. The molecule has 1 atom stereocenters. The van der Waals surface area contributed by atoms with E-state index in [0.717, 1.165) is 19.4 Å². The Morgan fingerprint density at radius 3 is 3.05 bits per heavy atom. The number of urea groups is 1. The highest BCUT2D eigenvalue weighted by Crippen LogP contribution is 2.19. The average Bonchev–Trinajstić information content (AvgIpc) is 2.42. The van der Waals surface area contributed by atoms with E-state index in [0.29, 0.717) is 24.8 Å². The molecule has 2 N–H and O–H groups in total. The molecule has 0 aromatic heterocycles. The summed E-state index contributed by atoms with van der Waals surface area (Å²) in [5.41, 5.74) is 0.462.